The van der Waals surface area contributed by atoms with Gasteiger partial charge < -0.3 is 15.0 Å². The topological polar surface area (TPSA) is 70.1 Å². The summed E-state index contributed by atoms with van der Waals surface area (Å²) in [5, 5.41) is 4.28. The van der Waals surface area contributed by atoms with Crippen LogP contribution >= 0.6 is 7.14 Å². The van der Waals surface area contributed by atoms with Gasteiger partial charge in [0, 0.05) is 18.7 Å². The third-order valence-corrected chi connectivity index (χ3v) is 4.49. The van der Waals surface area contributed by atoms with Gasteiger partial charge in [-0.3, -0.25) is 4.68 Å². The predicted octanol–water partition coefficient (Wildman–Crippen LogP) is 2.06. The molecule has 0 aliphatic heterocycles. The lowest BCUT2D eigenvalue weighted by Gasteiger charge is -2.09. The third kappa shape index (κ3) is 2.56. The van der Waals surface area contributed by atoms with E-state index in [1.165, 1.54) is 23.9 Å². The summed E-state index contributed by atoms with van der Waals surface area (Å²) in [6.45, 7) is 3.32. The first-order valence-electron chi connectivity index (χ1n) is 5.97. The number of nitrogen functional groups attached to an aromatic ring is 1. The quantitative estimate of drug-likeness (QED) is 0.695. The summed E-state index contributed by atoms with van der Waals surface area (Å²) < 4.78 is 32.5. The highest BCUT2D eigenvalue weighted by Gasteiger charge is 2.21. The molecule has 0 amide bonds. The second-order valence-electron chi connectivity index (χ2n) is 4.94. The standard InChI is InChI=1S/C13H17FN3O2P/c1-17-12(20(3,4)18)7-11(16-17)9-5-8(14)6-10(15)13(9)19-2/h5-7H,15H2,1-4H3. The first-order valence-corrected chi connectivity index (χ1v) is 8.57. The maximum Gasteiger partial charge on any atom is 0.151 e. The lowest BCUT2D eigenvalue weighted by molar-refractivity contribution is 0.417. The minimum absolute atomic E-state index is 0.200. The van der Waals surface area contributed by atoms with Gasteiger partial charge in [-0.15, -0.1) is 0 Å². The Hall–Kier alpha value is -1.81. The number of anilines is 1. The molecular weight excluding hydrogens is 280 g/mol. The molecule has 1 aromatic heterocycles. The number of nitrogens with zero attached hydrogens (tertiary/aromatic N) is 2. The first-order chi connectivity index (χ1) is 9.24. The number of nitrogens with two attached hydrogens (primary N) is 1. The summed E-state index contributed by atoms with van der Waals surface area (Å²) in [4.78, 5) is 0. The highest BCUT2D eigenvalue weighted by molar-refractivity contribution is 7.69. The fourth-order valence-corrected chi connectivity index (χ4v) is 3.30. The molecule has 1 heterocycles. The van der Waals surface area contributed by atoms with Crippen LogP contribution in [0.5, 0.6) is 5.75 Å². The van der Waals surface area contributed by atoms with Crippen LogP contribution in [-0.2, 0) is 11.6 Å². The van der Waals surface area contributed by atoms with Crippen molar-refractivity contribution in [3.63, 3.8) is 0 Å². The normalized spacial score (nSPS) is 11.7. The molecule has 0 aliphatic carbocycles. The van der Waals surface area contributed by atoms with E-state index in [0.29, 0.717) is 22.4 Å². The number of aromatic nitrogens is 2. The summed E-state index contributed by atoms with van der Waals surface area (Å²) in [7, 11) is 0.694. The fraction of sp³-hybridized carbons (Fsp3) is 0.308. The number of ether oxygens (including phenoxy) is 1. The van der Waals surface area contributed by atoms with Crippen LogP contribution in [0, 0.1) is 5.82 Å². The number of hydrogen-bond donors (Lipinski definition) is 1. The van der Waals surface area contributed by atoms with Crippen molar-refractivity contribution in [1.29, 1.82) is 0 Å². The zero-order valence-corrected chi connectivity index (χ0v) is 12.7. The number of halogens is 1. The van der Waals surface area contributed by atoms with E-state index in [4.69, 9.17) is 10.5 Å². The average molecular weight is 297 g/mol. The van der Waals surface area contributed by atoms with Gasteiger partial charge in [0.2, 0.25) is 0 Å². The molecule has 0 saturated heterocycles. The van der Waals surface area contributed by atoms with Crippen molar-refractivity contribution in [2.45, 2.75) is 0 Å². The number of benzene rings is 1. The minimum atomic E-state index is -2.47. The van der Waals surface area contributed by atoms with E-state index in [1.54, 1.807) is 26.4 Å². The first kappa shape index (κ1) is 14.6. The van der Waals surface area contributed by atoms with E-state index >= 15 is 0 Å². The van der Waals surface area contributed by atoms with Gasteiger partial charge >= 0.3 is 0 Å². The van der Waals surface area contributed by atoms with E-state index in [2.05, 4.69) is 5.10 Å². The minimum Gasteiger partial charge on any atom is -0.494 e. The lowest BCUT2D eigenvalue weighted by atomic mass is 10.1. The van der Waals surface area contributed by atoms with E-state index in [0.717, 1.165) is 0 Å². The Morgan fingerprint density at radius 3 is 2.50 bits per heavy atom. The van der Waals surface area contributed by atoms with Crippen molar-refractivity contribution >= 4 is 18.3 Å². The molecule has 0 unspecified atom stereocenters. The van der Waals surface area contributed by atoms with Gasteiger partial charge in [-0.2, -0.15) is 5.10 Å². The molecule has 20 heavy (non-hydrogen) atoms. The van der Waals surface area contributed by atoms with Crippen LogP contribution in [0.2, 0.25) is 0 Å². The molecule has 0 aliphatic rings. The largest absolute Gasteiger partial charge is 0.494 e. The molecule has 0 fully saturated rings. The van der Waals surface area contributed by atoms with Crippen molar-refractivity contribution < 1.29 is 13.7 Å². The van der Waals surface area contributed by atoms with Crippen molar-refractivity contribution in [3.05, 3.63) is 24.0 Å². The Bertz CT molecular complexity index is 706. The fourth-order valence-electron chi connectivity index (χ4n) is 2.13. The molecule has 0 spiro atoms. The molecule has 0 bridgehead atoms. The molecule has 1 aromatic carbocycles. The monoisotopic (exact) mass is 297 g/mol. The molecular formula is C13H17FN3O2P. The van der Waals surface area contributed by atoms with Crippen molar-refractivity contribution in [2.24, 2.45) is 7.05 Å². The summed E-state index contributed by atoms with van der Waals surface area (Å²) in [5.74, 6) is -0.111. The van der Waals surface area contributed by atoms with Crippen LogP contribution in [-0.4, -0.2) is 30.2 Å². The van der Waals surface area contributed by atoms with Crippen LogP contribution in [0.3, 0.4) is 0 Å². The van der Waals surface area contributed by atoms with Crippen LogP contribution in [0.4, 0.5) is 10.1 Å². The Balaban J connectivity index is 2.67. The molecule has 2 rings (SSSR count). The Kier molecular flexibility index (Phi) is 3.61. The summed E-state index contributed by atoms with van der Waals surface area (Å²) >= 11 is 0. The Morgan fingerprint density at radius 1 is 1.35 bits per heavy atom. The van der Waals surface area contributed by atoms with E-state index < -0.39 is 13.0 Å². The van der Waals surface area contributed by atoms with Crippen molar-refractivity contribution in [3.8, 4) is 17.0 Å². The van der Waals surface area contributed by atoms with Gasteiger partial charge in [0.1, 0.15) is 13.0 Å². The molecule has 0 atom stereocenters. The SMILES string of the molecule is COc1c(N)cc(F)cc1-c1cc(P(C)(C)=O)n(C)n1. The van der Waals surface area contributed by atoms with Gasteiger partial charge in [-0.25, -0.2) is 4.39 Å². The van der Waals surface area contributed by atoms with Gasteiger partial charge in [0.05, 0.1) is 23.9 Å². The molecule has 108 valence electrons. The van der Waals surface area contributed by atoms with Gasteiger partial charge in [0.15, 0.2) is 5.75 Å². The van der Waals surface area contributed by atoms with Gasteiger partial charge in [0.25, 0.3) is 0 Å². The zero-order chi connectivity index (χ0) is 15.1. The number of rotatable bonds is 3. The Labute approximate surface area is 116 Å². The highest BCUT2D eigenvalue weighted by atomic mass is 31.2. The van der Waals surface area contributed by atoms with E-state index in [1.807, 2.05) is 0 Å². The maximum atomic E-state index is 13.5. The van der Waals surface area contributed by atoms with Gasteiger partial charge in [-0.1, -0.05) is 0 Å². The van der Waals surface area contributed by atoms with Crippen molar-refractivity contribution in [2.75, 3.05) is 26.2 Å². The molecule has 2 N–H and O–H groups in total. The molecule has 0 radical (unpaired) electrons. The van der Waals surface area contributed by atoms with Gasteiger partial charge in [-0.05, 0) is 25.5 Å². The lowest BCUT2D eigenvalue weighted by Crippen LogP contribution is -2.13. The number of hydrogen-bond acceptors (Lipinski definition) is 4. The molecule has 7 heteroatoms. The van der Waals surface area contributed by atoms with Crippen LogP contribution < -0.4 is 15.9 Å². The van der Waals surface area contributed by atoms with E-state index in [-0.39, 0.29) is 5.69 Å². The zero-order valence-electron chi connectivity index (χ0n) is 11.8. The number of aryl methyl sites for hydroxylation is 1. The Morgan fingerprint density at radius 2 is 2.00 bits per heavy atom. The van der Waals surface area contributed by atoms with Crippen molar-refractivity contribution in [1.82, 2.24) is 9.78 Å². The summed E-state index contributed by atoms with van der Waals surface area (Å²) in [6, 6.07) is 4.17. The van der Waals surface area contributed by atoms with E-state index in [9.17, 15) is 8.96 Å². The smallest absolute Gasteiger partial charge is 0.151 e. The highest BCUT2D eigenvalue weighted by Crippen LogP contribution is 2.38. The van der Waals surface area contributed by atoms with Crippen LogP contribution in [0.1, 0.15) is 0 Å². The number of methoxy groups -OCH3 is 1. The average Bonchev–Trinajstić information content (AvgIpc) is 2.70. The molecule has 2 aromatic rings. The summed E-state index contributed by atoms with van der Waals surface area (Å²) in [5.41, 5.74) is 7.48. The third-order valence-electron chi connectivity index (χ3n) is 2.97. The second kappa shape index (κ2) is 4.94. The maximum absolute atomic E-state index is 13.5. The molecule has 0 saturated carbocycles. The second-order valence-corrected chi connectivity index (χ2v) is 8.10. The van der Waals surface area contributed by atoms with Crippen LogP contribution in [0.15, 0.2) is 18.2 Å². The van der Waals surface area contributed by atoms with Crippen LogP contribution in [0.25, 0.3) is 11.3 Å². The predicted molar refractivity (Wildman–Crippen MR) is 78.7 cm³/mol. The summed E-state index contributed by atoms with van der Waals surface area (Å²) in [6.07, 6.45) is 0. The molecule has 5 nitrogen and oxygen atoms in total.